The van der Waals surface area contributed by atoms with E-state index in [0.717, 1.165) is 24.8 Å². The summed E-state index contributed by atoms with van der Waals surface area (Å²) in [6.45, 7) is 0.888. The lowest BCUT2D eigenvalue weighted by atomic mass is 10.1. The number of aromatic amines is 1. The van der Waals surface area contributed by atoms with Crippen LogP contribution < -0.4 is 16.1 Å². The average Bonchev–Trinajstić information content (AvgIpc) is 2.77. The van der Waals surface area contributed by atoms with Crippen LogP contribution in [0, 0.1) is 4.64 Å². The van der Waals surface area contributed by atoms with Gasteiger partial charge < -0.3 is 15.6 Å². The summed E-state index contributed by atoms with van der Waals surface area (Å²) < 4.78 is 0.387. The van der Waals surface area contributed by atoms with E-state index in [4.69, 9.17) is 17.4 Å². The molecule has 0 spiro atoms. The second kappa shape index (κ2) is 12.5. The van der Waals surface area contributed by atoms with Gasteiger partial charge in [-0.25, -0.2) is 5.48 Å². The number of benzene rings is 1. The number of hydroxylamine groups is 1. The zero-order valence-corrected chi connectivity index (χ0v) is 17.4. The predicted molar refractivity (Wildman–Crippen MR) is 115 cm³/mol. The molecule has 8 nitrogen and oxygen atoms in total. The first-order chi connectivity index (χ1) is 14.5. The Morgan fingerprint density at radius 2 is 1.67 bits per heavy atom. The molecule has 1 heterocycles. The van der Waals surface area contributed by atoms with Gasteiger partial charge in [-0.1, -0.05) is 37.2 Å². The van der Waals surface area contributed by atoms with E-state index in [0.29, 0.717) is 41.7 Å². The number of carbonyl (C=O) groups is 3. The summed E-state index contributed by atoms with van der Waals surface area (Å²) in [5.74, 6) is -0.786. The standard InChI is InChI=1S/C21H26N4O4S/c26-18(25-29)7-3-1-2-4-12-22-19(27)16-10-8-15(9-11-16)14-24-20(28)17-6-5-13-23-21(17)30/h5-6,8-11,13,29H,1-4,7,12,14H2,(H,22,27)(H,23,30)(H,24,28)(H,25,26). The van der Waals surface area contributed by atoms with E-state index >= 15 is 0 Å². The highest BCUT2D eigenvalue weighted by Gasteiger charge is 2.08. The van der Waals surface area contributed by atoms with Gasteiger partial charge in [0.15, 0.2) is 0 Å². The fraction of sp³-hybridized carbons (Fsp3) is 0.333. The minimum atomic E-state index is -0.380. The van der Waals surface area contributed by atoms with E-state index < -0.39 is 0 Å². The molecule has 0 aliphatic rings. The molecule has 2 aromatic rings. The maximum absolute atomic E-state index is 12.2. The van der Waals surface area contributed by atoms with Gasteiger partial charge in [-0.05, 0) is 42.7 Å². The summed E-state index contributed by atoms with van der Waals surface area (Å²) in [5, 5.41) is 14.1. The number of nitrogens with one attached hydrogen (secondary N) is 4. The largest absolute Gasteiger partial charge is 0.352 e. The number of H-pyrrole nitrogens is 1. The van der Waals surface area contributed by atoms with E-state index in [2.05, 4.69) is 15.6 Å². The Kier molecular flexibility index (Phi) is 9.69. The Bertz CT molecular complexity index is 912. The Morgan fingerprint density at radius 3 is 2.37 bits per heavy atom. The Hall–Kier alpha value is -3.04. The van der Waals surface area contributed by atoms with E-state index in [-0.39, 0.29) is 17.7 Å². The average molecular weight is 431 g/mol. The molecule has 0 unspecified atom stereocenters. The lowest BCUT2D eigenvalue weighted by Crippen LogP contribution is -2.25. The van der Waals surface area contributed by atoms with Crippen molar-refractivity contribution in [1.82, 2.24) is 21.1 Å². The number of hydrogen-bond donors (Lipinski definition) is 5. The third-order valence-electron chi connectivity index (χ3n) is 4.47. The minimum absolute atomic E-state index is 0.152. The normalized spacial score (nSPS) is 10.3. The van der Waals surface area contributed by atoms with Crippen molar-refractivity contribution in [3.05, 3.63) is 63.9 Å². The monoisotopic (exact) mass is 430 g/mol. The SMILES string of the molecule is O=C(CCCCCCNC(=O)c1ccc(CNC(=O)c2ccc[nH]c2=S)cc1)NO. The maximum Gasteiger partial charge on any atom is 0.254 e. The Labute approximate surface area is 180 Å². The summed E-state index contributed by atoms with van der Waals surface area (Å²) in [6, 6.07) is 10.4. The summed E-state index contributed by atoms with van der Waals surface area (Å²) >= 11 is 5.10. The van der Waals surface area contributed by atoms with Crippen molar-refractivity contribution < 1.29 is 19.6 Å². The smallest absolute Gasteiger partial charge is 0.254 e. The number of unbranched alkanes of at least 4 members (excludes halogenated alkanes) is 3. The van der Waals surface area contributed by atoms with E-state index in [1.54, 1.807) is 48.1 Å². The summed E-state index contributed by atoms with van der Waals surface area (Å²) in [7, 11) is 0. The van der Waals surface area contributed by atoms with Crippen LogP contribution in [0.1, 0.15) is 58.4 Å². The van der Waals surface area contributed by atoms with Crippen LogP contribution in [0.2, 0.25) is 0 Å². The number of pyridine rings is 1. The van der Waals surface area contributed by atoms with Crippen molar-refractivity contribution >= 4 is 29.9 Å². The highest BCUT2D eigenvalue weighted by Crippen LogP contribution is 2.07. The summed E-state index contributed by atoms with van der Waals surface area (Å²) in [6.07, 6.45) is 5.24. The summed E-state index contributed by atoms with van der Waals surface area (Å²) in [5.41, 5.74) is 3.45. The number of hydrogen-bond acceptors (Lipinski definition) is 5. The van der Waals surface area contributed by atoms with Crippen molar-refractivity contribution in [3.8, 4) is 0 Å². The minimum Gasteiger partial charge on any atom is -0.352 e. The Balaban J connectivity index is 1.69. The molecule has 160 valence electrons. The van der Waals surface area contributed by atoms with Crippen LogP contribution in [0.5, 0.6) is 0 Å². The van der Waals surface area contributed by atoms with Gasteiger partial charge >= 0.3 is 0 Å². The second-order valence-electron chi connectivity index (χ2n) is 6.75. The highest BCUT2D eigenvalue weighted by molar-refractivity contribution is 7.71. The molecule has 0 bridgehead atoms. The highest BCUT2D eigenvalue weighted by atomic mass is 32.1. The lowest BCUT2D eigenvalue weighted by molar-refractivity contribution is -0.129. The fourth-order valence-corrected chi connectivity index (χ4v) is 3.00. The van der Waals surface area contributed by atoms with E-state index in [9.17, 15) is 14.4 Å². The van der Waals surface area contributed by atoms with Gasteiger partial charge in [-0.2, -0.15) is 0 Å². The van der Waals surface area contributed by atoms with Crippen molar-refractivity contribution in [1.29, 1.82) is 0 Å². The van der Waals surface area contributed by atoms with Crippen molar-refractivity contribution in [2.24, 2.45) is 0 Å². The van der Waals surface area contributed by atoms with Gasteiger partial charge in [-0.3, -0.25) is 19.6 Å². The maximum atomic E-state index is 12.2. The van der Waals surface area contributed by atoms with Crippen molar-refractivity contribution in [2.45, 2.75) is 38.6 Å². The number of carbonyl (C=O) groups excluding carboxylic acids is 3. The molecule has 0 fully saturated rings. The molecule has 0 aliphatic heterocycles. The molecule has 0 saturated carbocycles. The fourth-order valence-electron chi connectivity index (χ4n) is 2.78. The quantitative estimate of drug-likeness (QED) is 0.162. The van der Waals surface area contributed by atoms with Crippen molar-refractivity contribution in [3.63, 3.8) is 0 Å². The zero-order valence-electron chi connectivity index (χ0n) is 16.6. The Morgan fingerprint density at radius 1 is 0.933 bits per heavy atom. The molecule has 9 heteroatoms. The molecule has 30 heavy (non-hydrogen) atoms. The number of rotatable bonds is 11. The molecule has 3 amide bonds. The van der Waals surface area contributed by atoms with Gasteiger partial charge in [0.25, 0.3) is 11.8 Å². The predicted octanol–water partition coefficient (Wildman–Crippen LogP) is 2.86. The summed E-state index contributed by atoms with van der Waals surface area (Å²) in [4.78, 5) is 38.1. The van der Waals surface area contributed by atoms with Crippen LogP contribution in [-0.2, 0) is 11.3 Å². The molecular formula is C21H26N4O4S. The van der Waals surface area contributed by atoms with Gasteiger partial charge in [0.1, 0.15) is 4.64 Å². The zero-order chi connectivity index (χ0) is 21.8. The van der Waals surface area contributed by atoms with Crippen LogP contribution in [0.15, 0.2) is 42.6 Å². The third kappa shape index (κ3) is 7.76. The van der Waals surface area contributed by atoms with Gasteiger partial charge in [-0.15, -0.1) is 0 Å². The third-order valence-corrected chi connectivity index (χ3v) is 4.81. The van der Waals surface area contributed by atoms with Crippen LogP contribution >= 0.6 is 12.2 Å². The van der Waals surface area contributed by atoms with E-state index in [1.807, 2.05) is 0 Å². The topological polar surface area (TPSA) is 123 Å². The molecule has 1 aromatic carbocycles. The molecule has 0 saturated heterocycles. The van der Waals surface area contributed by atoms with Crippen LogP contribution in [0.25, 0.3) is 0 Å². The van der Waals surface area contributed by atoms with Gasteiger partial charge in [0.2, 0.25) is 5.91 Å². The molecule has 0 atom stereocenters. The second-order valence-corrected chi connectivity index (χ2v) is 7.16. The molecule has 1 aromatic heterocycles. The number of aromatic nitrogens is 1. The molecule has 2 rings (SSSR count). The first-order valence-corrected chi connectivity index (χ1v) is 10.2. The van der Waals surface area contributed by atoms with Gasteiger partial charge in [0, 0.05) is 31.3 Å². The first kappa shape index (κ1) is 23.2. The van der Waals surface area contributed by atoms with Crippen molar-refractivity contribution in [2.75, 3.05) is 6.54 Å². The van der Waals surface area contributed by atoms with Crippen LogP contribution in [0.3, 0.4) is 0 Å². The van der Waals surface area contributed by atoms with E-state index in [1.165, 1.54) is 0 Å². The number of amides is 3. The van der Waals surface area contributed by atoms with Crippen LogP contribution in [-0.4, -0.2) is 34.5 Å². The first-order valence-electron chi connectivity index (χ1n) is 9.77. The lowest BCUT2D eigenvalue weighted by Gasteiger charge is -2.08. The van der Waals surface area contributed by atoms with Crippen LogP contribution in [0.4, 0.5) is 0 Å². The molecule has 5 N–H and O–H groups in total. The molecular weight excluding hydrogens is 404 g/mol. The molecule has 0 radical (unpaired) electrons. The molecule has 0 aliphatic carbocycles. The van der Waals surface area contributed by atoms with Gasteiger partial charge in [0.05, 0.1) is 5.56 Å².